The number of nitrogens with one attached hydrogen (secondary N) is 1. The van der Waals surface area contributed by atoms with Crippen LogP contribution in [0.2, 0.25) is 0 Å². The van der Waals surface area contributed by atoms with Crippen molar-refractivity contribution in [2.45, 2.75) is 44.6 Å². The molecular formula is C16H23N2O9P. The lowest BCUT2D eigenvalue weighted by molar-refractivity contribution is -0.158. The topological polar surface area (TPSA) is 171 Å². The van der Waals surface area contributed by atoms with Gasteiger partial charge in [0.05, 0.1) is 18.8 Å². The van der Waals surface area contributed by atoms with Crippen molar-refractivity contribution >= 4 is 37.0 Å². The van der Waals surface area contributed by atoms with Crippen molar-refractivity contribution in [1.29, 1.82) is 0 Å². The van der Waals surface area contributed by atoms with Gasteiger partial charge in [-0.15, -0.1) is 6.58 Å². The molecule has 0 aromatic carbocycles. The van der Waals surface area contributed by atoms with Gasteiger partial charge in [-0.25, -0.2) is 4.79 Å². The van der Waals surface area contributed by atoms with Crippen molar-refractivity contribution in [3.05, 3.63) is 12.7 Å². The van der Waals surface area contributed by atoms with Crippen LogP contribution < -0.4 is 5.09 Å². The van der Waals surface area contributed by atoms with Crippen LogP contribution in [0.5, 0.6) is 0 Å². The number of carbonyl (C=O) groups excluding carboxylic acids is 3. The Kier molecular flexibility index (Phi) is 8.83. The van der Waals surface area contributed by atoms with E-state index in [1.165, 1.54) is 13.0 Å². The second-order valence-corrected chi connectivity index (χ2v) is 8.09. The maximum atomic E-state index is 12.9. The highest BCUT2D eigenvalue weighted by atomic mass is 31.1. The molecule has 0 aliphatic carbocycles. The summed E-state index contributed by atoms with van der Waals surface area (Å²) in [5, 5.41) is 30.7. The van der Waals surface area contributed by atoms with Crippen LogP contribution in [0.4, 0.5) is 0 Å². The van der Waals surface area contributed by atoms with Gasteiger partial charge >= 0.3 is 11.9 Å². The van der Waals surface area contributed by atoms with Gasteiger partial charge in [0.25, 0.3) is 0 Å². The van der Waals surface area contributed by atoms with Crippen molar-refractivity contribution in [2.75, 3.05) is 13.2 Å². The van der Waals surface area contributed by atoms with Gasteiger partial charge in [0.2, 0.25) is 5.91 Å². The zero-order valence-corrected chi connectivity index (χ0v) is 16.3. The lowest BCUT2D eigenvalue weighted by Crippen LogP contribution is -2.51. The molecule has 1 amide bonds. The number of carbonyl (C=O) groups is 5. The van der Waals surface area contributed by atoms with E-state index in [9.17, 15) is 39.3 Å². The number of aliphatic hydroxyl groups is 1. The molecule has 0 bridgehead atoms. The average Bonchev–Trinajstić information content (AvgIpc) is 2.98. The minimum Gasteiger partial charge on any atom is -0.480 e. The molecule has 0 aromatic heterocycles. The number of amides is 1. The van der Waals surface area contributed by atoms with Gasteiger partial charge in [-0.2, -0.15) is 0 Å². The zero-order chi connectivity index (χ0) is 21.6. The summed E-state index contributed by atoms with van der Waals surface area (Å²) in [5.74, 6) is -3.72. The first-order chi connectivity index (χ1) is 13.0. The molecule has 28 heavy (non-hydrogen) atoms. The molecule has 1 fully saturated rings. The summed E-state index contributed by atoms with van der Waals surface area (Å²) in [5.41, 5.74) is -1.47. The van der Waals surface area contributed by atoms with E-state index >= 15 is 0 Å². The largest absolute Gasteiger partial charge is 0.480 e. The van der Waals surface area contributed by atoms with Crippen LogP contribution in [0.15, 0.2) is 12.7 Å². The molecule has 1 saturated heterocycles. The smallest absolute Gasteiger partial charge is 0.335 e. The SMILES string of the molecule is C=CCOC(C(=O)O)[C@H](NP(C(C)=O)C(=O)[C@@H]1C[C@@H](O)CN1C(C)=O)C(=O)O. The Morgan fingerprint density at radius 3 is 2.29 bits per heavy atom. The summed E-state index contributed by atoms with van der Waals surface area (Å²) in [4.78, 5) is 60.7. The average molecular weight is 418 g/mol. The van der Waals surface area contributed by atoms with Crippen LogP contribution >= 0.6 is 8.07 Å². The maximum absolute atomic E-state index is 12.9. The number of hydrogen-bond acceptors (Lipinski definition) is 8. The Morgan fingerprint density at radius 1 is 1.25 bits per heavy atom. The molecule has 156 valence electrons. The zero-order valence-electron chi connectivity index (χ0n) is 15.4. The molecule has 1 aliphatic rings. The lowest BCUT2D eigenvalue weighted by Gasteiger charge is -2.28. The third-order valence-electron chi connectivity index (χ3n) is 3.98. The Bertz CT molecular complexity index is 669. The summed E-state index contributed by atoms with van der Waals surface area (Å²) in [6.07, 6.45) is -1.72. The fourth-order valence-electron chi connectivity index (χ4n) is 2.73. The third-order valence-corrected chi connectivity index (χ3v) is 5.88. The predicted octanol–water partition coefficient (Wildman–Crippen LogP) is -0.863. The molecule has 0 saturated carbocycles. The number of rotatable bonds is 11. The van der Waals surface area contributed by atoms with Gasteiger partial charge in [-0.1, -0.05) is 6.08 Å². The second kappa shape index (κ2) is 10.4. The first kappa shape index (κ1) is 23.8. The number of carboxylic acid groups (broad SMARTS) is 2. The Labute approximate surface area is 162 Å². The van der Waals surface area contributed by atoms with Gasteiger partial charge < -0.3 is 25.0 Å². The van der Waals surface area contributed by atoms with Gasteiger partial charge in [0.15, 0.2) is 17.2 Å². The van der Waals surface area contributed by atoms with Crippen molar-refractivity contribution in [1.82, 2.24) is 9.99 Å². The van der Waals surface area contributed by atoms with Gasteiger partial charge in [0.1, 0.15) is 14.1 Å². The van der Waals surface area contributed by atoms with Gasteiger partial charge in [0, 0.05) is 26.8 Å². The molecule has 0 radical (unpaired) electrons. The van der Waals surface area contributed by atoms with Crippen LogP contribution in [-0.4, -0.2) is 86.6 Å². The minimum atomic E-state index is -2.49. The molecule has 12 heteroatoms. The number of ether oxygens (including phenoxy) is 1. The molecule has 2 unspecified atom stereocenters. The van der Waals surface area contributed by atoms with Crippen molar-refractivity contribution < 1.29 is 44.0 Å². The van der Waals surface area contributed by atoms with Gasteiger partial charge in [-0.05, 0) is 0 Å². The Balaban J connectivity index is 3.14. The second-order valence-electron chi connectivity index (χ2n) is 6.10. The number of nitrogens with zero attached hydrogens (tertiary/aromatic N) is 1. The maximum Gasteiger partial charge on any atom is 0.335 e. The van der Waals surface area contributed by atoms with Gasteiger partial charge in [-0.3, -0.25) is 24.3 Å². The molecule has 1 heterocycles. The number of aliphatic carboxylic acids is 2. The number of hydrogen-bond donors (Lipinski definition) is 4. The molecule has 11 nitrogen and oxygen atoms in total. The summed E-state index contributed by atoms with van der Waals surface area (Å²) >= 11 is 0. The summed E-state index contributed by atoms with van der Waals surface area (Å²) in [6.45, 7) is 5.25. The fraction of sp³-hybridized carbons (Fsp3) is 0.562. The van der Waals surface area contributed by atoms with Crippen LogP contribution in [0.1, 0.15) is 20.3 Å². The predicted molar refractivity (Wildman–Crippen MR) is 96.5 cm³/mol. The molecule has 0 spiro atoms. The van der Waals surface area contributed by atoms with Crippen LogP contribution in [0.25, 0.3) is 0 Å². The van der Waals surface area contributed by atoms with E-state index in [0.29, 0.717) is 0 Å². The first-order valence-electron chi connectivity index (χ1n) is 8.25. The van der Waals surface area contributed by atoms with E-state index in [1.54, 1.807) is 0 Å². The molecule has 5 atom stereocenters. The Morgan fingerprint density at radius 2 is 1.86 bits per heavy atom. The summed E-state index contributed by atoms with van der Waals surface area (Å²) in [6, 6.07) is -3.00. The summed E-state index contributed by atoms with van der Waals surface area (Å²) < 4.78 is 4.96. The normalized spacial score (nSPS) is 22.2. The number of carboxylic acids is 2. The molecular weight excluding hydrogens is 395 g/mol. The van der Waals surface area contributed by atoms with Crippen molar-refractivity contribution in [2.24, 2.45) is 0 Å². The first-order valence-corrected chi connectivity index (χ1v) is 9.59. The van der Waals surface area contributed by atoms with E-state index in [1.807, 2.05) is 0 Å². The van der Waals surface area contributed by atoms with Crippen LogP contribution in [-0.2, 0) is 28.7 Å². The number of likely N-dealkylation sites (tertiary alicyclic amines) is 1. The monoisotopic (exact) mass is 418 g/mol. The molecule has 1 rings (SSSR count). The third kappa shape index (κ3) is 5.90. The molecule has 1 aliphatic heterocycles. The van der Waals surface area contributed by atoms with Crippen molar-refractivity contribution in [3.63, 3.8) is 0 Å². The highest BCUT2D eigenvalue weighted by molar-refractivity contribution is 7.87. The van der Waals surface area contributed by atoms with E-state index < -0.39 is 61.3 Å². The Hall–Kier alpha value is -2.20. The van der Waals surface area contributed by atoms with E-state index in [-0.39, 0.29) is 19.6 Å². The van der Waals surface area contributed by atoms with E-state index in [0.717, 1.165) is 11.8 Å². The highest BCUT2D eigenvalue weighted by Crippen LogP contribution is 2.39. The fourth-order valence-corrected chi connectivity index (χ4v) is 4.41. The number of β-amino-alcohol motifs (C(OH)–C–C–N with tert-alkyl or cyclic N) is 1. The standard InChI is InChI=1S/C16H23N2O9P/c1-4-5-27-13(15(24)25)12(14(22)23)17-28(9(3)20)16(26)11-6-10(21)7-18(11)8(2)19/h4,10-13,17,21H,1,5-7H2,2-3H3,(H,22,23)(H,24,25)/t10-,11+,12+,13?,28?/m1/s1. The minimum absolute atomic E-state index is 0.0879. The molecule has 4 N–H and O–H groups in total. The van der Waals surface area contributed by atoms with Crippen LogP contribution in [0.3, 0.4) is 0 Å². The van der Waals surface area contributed by atoms with Crippen molar-refractivity contribution in [3.8, 4) is 0 Å². The number of aliphatic hydroxyl groups excluding tert-OH is 1. The van der Waals surface area contributed by atoms with E-state index in [2.05, 4.69) is 11.7 Å². The quantitative estimate of drug-likeness (QED) is 0.244. The molecule has 0 aromatic rings. The summed E-state index contributed by atoms with van der Waals surface area (Å²) in [7, 11) is -2.49. The lowest BCUT2D eigenvalue weighted by atomic mass is 10.2. The van der Waals surface area contributed by atoms with E-state index in [4.69, 9.17) is 4.74 Å². The van der Waals surface area contributed by atoms with Crippen LogP contribution in [0, 0.1) is 0 Å². The highest BCUT2D eigenvalue weighted by Gasteiger charge is 2.45.